The van der Waals surface area contributed by atoms with Gasteiger partial charge in [0.05, 0.1) is 24.8 Å². The molecule has 19 heavy (non-hydrogen) atoms. The minimum Gasteiger partial charge on any atom is -0.377 e. The molecule has 7 heteroatoms. The van der Waals surface area contributed by atoms with E-state index in [0.29, 0.717) is 19.8 Å². The first-order valence-electron chi connectivity index (χ1n) is 5.76. The van der Waals surface area contributed by atoms with Crippen molar-refractivity contribution in [2.75, 3.05) is 24.7 Å². The third-order valence-corrected chi connectivity index (χ3v) is 2.93. The molecule has 1 aliphatic heterocycles. The molecular weight excluding hydrogens is 259 g/mol. The zero-order valence-electron chi connectivity index (χ0n) is 10.2. The molecule has 0 amide bonds. The molecule has 2 rings (SSSR count). The summed E-state index contributed by atoms with van der Waals surface area (Å²) in [5.41, 5.74) is -0.845. The summed E-state index contributed by atoms with van der Waals surface area (Å²) in [6.07, 6.45) is -4.52. The topological polar surface area (TPSA) is 49.1 Å². The van der Waals surface area contributed by atoms with E-state index in [-0.39, 0.29) is 17.4 Å². The second-order valence-corrected chi connectivity index (χ2v) is 4.29. The van der Waals surface area contributed by atoms with Crippen LogP contribution in [0.5, 0.6) is 0 Å². The van der Waals surface area contributed by atoms with Crippen molar-refractivity contribution in [2.24, 2.45) is 0 Å². The Kier molecular flexibility index (Phi) is 3.62. The molecule has 2 heterocycles. The number of halogens is 3. The van der Waals surface area contributed by atoms with E-state index < -0.39 is 11.9 Å². The Morgan fingerprint density at radius 3 is 2.79 bits per heavy atom. The predicted octanol–water partition coefficient (Wildman–Crippen LogP) is 2.20. The summed E-state index contributed by atoms with van der Waals surface area (Å²) in [6, 6.07) is 3.75. The largest absolute Gasteiger partial charge is 0.433 e. The van der Waals surface area contributed by atoms with E-state index in [2.05, 4.69) is 4.98 Å². The molecule has 102 valence electrons. The molecule has 1 atom stereocenters. The van der Waals surface area contributed by atoms with Crippen LogP contribution in [0.4, 0.5) is 19.0 Å². The molecule has 0 N–H and O–H groups in total. The first-order chi connectivity index (χ1) is 8.93. The minimum atomic E-state index is -4.52. The molecule has 1 aliphatic rings. The summed E-state index contributed by atoms with van der Waals surface area (Å²) in [6.45, 7) is 3.06. The second kappa shape index (κ2) is 5.05. The van der Waals surface area contributed by atoms with E-state index in [1.165, 1.54) is 0 Å². The molecule has 1 unspecified atom stereocenters. The van der Waals surface area contributed by atoms with Gasteiger partial charge in [0.1, 0.15) is 17.6 Å². The Balaban J connectivity index is 2.44. The van der Waals surface area contributed by atoms with Crippen molar-refractivity contribution >= 4 is 5.82 Å². The molecule has 0 aliphatic carbocycles. The van der Waals surface area contributed by atoms with Crippen LogP contribution in [0, 0.1) is 11.3 Å². The quantitative estimate of drug-likeness (QED) is 0.785. The smallest absolute Gasteiger partial charge is 0.377 e. The molecule has 1 saturated heterocycles. The van der Waals surface area contributed by atoms with Crippen LogP contribution in [0.25, 0.3) is 0 Å². The van der Waals surface area contributed by atoms with Gasteiger partial charge in [0.15, 0.2) is 0 Å². The third-order valence-electron chi connectivity index (χ3n) is 2.93. The number of hydrogen-bond donors (Lipinski definition) is 0. The van der Waals surface area contributed by atoms with E-state index in [9.17, 15) is 13.2 Å². The predicted molar refractivity (Wildman–Crippen MR) is 61.6 cm³/mol. The molecule has 0 radical (unpaired) electrons. The Morgan fingerprint density at radius 1 is 1.47 bits per heavy atom. The van der Waals surface area contributed by atoms with Gasteiger partial charge in [-0.1, -0.05) is 0 Å². The van der Waals surface area contributed by atoms with Crippen LogP contribution in [0.15, 0.2) is 12.1 Å². The Morgan fingerprint density at radius 2 is 2.21 bits per heavy atom. The van der Waals surface area contributed by atoms with Gasteiger partial charge >= 0.3 is 6.18 Å². The number of morpholine rings is 1. The van der Waals surface area contributed by atoms with Crippen molar-refractivity contribution in [3.05, 3.63) is 23.4 Å². The van der Waals surface area contributed by atoms with Gasteiger partial charge in [-0.15, -0.1) is 0 Å². The van der Waals surface area contributed by atoms with Crippen molar-refractivity contribution in [3.63, 3.8) is 0 Å². The highest BCUT2D eigenvalue weighted by Gasteiger charge is 2.34. The number of alkyl halides is 3. The molecule has 1 aromatic heterocycles. The summed E-state index contributed by atoms with van der Waals surface area (Å²) in [5, 5.41) is 9.00. The lowest BCUT2D eigenvalue weighted by Gasteiger charge is -2.34. The van der Waals surface area contributed by atoms with Crippen molar-refractivity contribution in [1.82, 2.24) is 4.98 Å². The molecule has 0 saturated carbocycles. The third kappa shape index (κ3) is 2.79. The number of nitrogens with zero attached hydrogens (tertiary/aromatic N) is 3. The average Bonchev–Trinajstić information content (AvgIpc) is 2.37. The first-order valence-corrected chi connectivity index (χ1v) is 5.76. The highest BCUT2D eigenvalue weighted by atomic mass is 19.4. The molecule has 0 spiro atoms. The van der Waals surface area contributed by atoms with Crippen molar-refractivity contribution in [2.45, 2.75) is 19.1 Å². The highest BCUT2D eigenvalue weighted by Crippen LogP contribution is 2.31. The van der Waals surface area contributed by atoms with Crippen molar-refractivity contribution < 1.29 is 17.9 Å². The van der Waals surface area contributed by atoms with Gasteiger partial charge in [0.2, 0.25) is 0 Å². The number of nitriles is 1. The maximum absolute atomic E-state index is 12.7. The second-order valence-electron chi connectivity index (χ2n) is 4.29. The van der Waals surface area contributed by atoms with Gasteiger partial charge in [-0.05, 0) is 19.1 Å². The lowest BCUT2D eigenvalue weighted by molar-refractivity contribution is -0.141. The van der Waals surface area contributed by atoms with E-state index in [1.54, 1.807) is 4.90 Å². The van der Waals surface area contributed by atoms with Crippen LogP contribution in [0.2, 0.25) is 0 Å². The van der Waals surface area contributed by atoms with Gasteiger partial charge in [-0.2, -0.15) is 18.4 Å². The fraction of sp³-hybridized carbons (Fsp3) is 0.500. The van der Waals surface area contributed by atoms with Gasteiger partial charge in [0.25, 0.3) is 0 Å². The van der Waals surface area contributed by atoms with Gasteiger partial charge in [0, 0.05) is 6.54 Å². The monoisotopic (exact) mass is 271 g/mol. The minimum absolute atomic E-state index is 0.0770. The summed E-state index contributed by atoms with van der Waals surface area (Å²) in [4.78, 5) is 5.29. The van der Waals surface area contributed by atoms with E-state index in [0.717, 1.165) is 12.1 Å². The lowest BCUT2D eigenvalue weighted by Crippen LogP contribution is -2.44. The van der Waals surface area contributed by atoms with Crippen LogP contribution in [-0.4, -0.2) is 30.8 Å². The van der Waals surface area contributed by atoms with Crippen LogP contribution in [-0.2, 0) is 10.9 Å². The molecule has 1 fully saturated rings. The molecule has 0 aromatic carbocycles. The standard InChI is InChI=1S/C12H12F3N3O/c1-8-7-19-5-4-18(8)11-9(6-16)2-3-10(17-11)12(13,14)15/h2-3,8H,4-5,7H2,1H3. The van der Waals surface area contributed by atoms with Gasteiger partial charge in [-0.3, -0.25) is 0 Å². The first kappa shape index (κ1) is 13.6. The summed E-state index contributed by atoms with van der Waals surface area (Å²) >= 11 is 0. The Hall–Kier alpha value is -1.81. The van der Waals surface area contributed by atoms with Crippen LogP contribution in [0.1, 0.15) is 18.2 Å². The maximum Gasteiger partial charge on any atom is 0.433 e. The Bertz CT molecular complexity index is 510. The van der Waals surface area contributed by atoms with Gasteiger partial charge < -0.3 is 9.64 Å². The number of pyridine rings is 1. The SMILES string of the molecule is CC1COCCN1c1nc(C(F)(F)F)ccc1C#N. The number of hydrogen-bond acceptors (Lipinski definition) is 4. The van der Waals surface area contributed by atoms with Gasteiger partial charge in [-0.25, -0.2) is 4.98 Å². The fourth-order valence-electron chi connectivity index (χ4n) is 1.95. The summed E-state index contributed by atoms with van der Waals surface area (Å²) in [7, 11) is 0. The van der Waals surface area contributed by atoms with Crippen LogP contribution < -0.4 is 4.90 Å². The van der Waals surface area contributed by atoms with Crippen molar-refractivity contribution in [1.29, 1.82) is 5.26 Å². The molecule has 0 bridgehead atoms. The molecule has 4 nitrogen and oxygen atoms in total. The van der Waals surface area contributed by atoms with E-state index in [1.807, 2.05) is 13.0 Å². The number of rotatable bonds is 1. The van der Waals surface area contributed by atoms with Crippen LogP contribution in [0.3, 0.4) is 0 Å². The van der Waals surface area contributed by atoms with Crippen molar-refractivity contribution in [3.8, 4) is 6.07 Å². The zero-order chi connectivity index (χ0) is 14.0. The van der Waals surface area contributed by atoms with E-state index >= 15 is 0 Å². The lowest BCUT2D eigenvalue weighted by atomic mass is 10.2. The molecule has 1 aromatic rings. The number of aromatic nitrogens is 1. The van der Waals surface area contributed by atoms with Crippen LogP contribution >= 0.6 is 0 Å². The molecular formula is C12H12F3N3O. The summed E-state index contributed by atoms with van der Waals surface area (Å²) < 4.78 is 43.3. The number of ether oxygens (including phenoxy) is 1. The summed E-state index contributed by atoms with van der Waals surface area (Å²) in [5.74, 6) is 0.0770. The highest BCUT2D eigenvalue weighted by molar-refractivity contribution is 5.55. The maximum atomic E-state index is 12.7. The number of anilines is 1. The Labute approximate surface area is 108 Å². The zero-order valence-corrected chi connectivity index (χ0v) is 10.2. The average molecular weight is 271 g/mol. The fourth-order valence-corrected chi connectivity index (χ4v) is 1.95. The van der Waals surface area contributed by atoms with E-state index in [4.69, 9.17) is 10.00 Å². The normalized spacial score (nSPS) is 20.2.